The molecule has 0 spiro atoms. The Morgan fingerprint density at radius 1 is 1.18 bits per heavy atom. The molecule has 0 heterocycles. The van der Waals surface area contributed by atoms with Gasteiger partial charge in [-0.25, -0.2) is 9.82 Å². The van der Waals surface area contributed by atoms with E-state index in [1.165, 1.54) is 18.3 Å². The standard InChI is InChI=1S/C24H17BrCl2FN3O3/c1-2-33-22-10-16(12-30-31-24(32)17-5-3-14(11-29)9-21(17)28)7-18(25)23(22)34-13-15-4-6-19(26)20(27)8-15/h3-10,12H,2,13H2,1H3,(H,31,32)/b30-12-. The molecule has 0 aliphatic carbocycles. The number of carbonyl (C=O) groups is 1. The van der Waals surface area contributed by atoms with E-state index in [0.717, 1.165) is 11.6 Å². The van der Waals surface area contributed by atoms with Gasteiger partial charge in [-0.1, -0.05) is 29.3 Å². The van der Waals surface area contributed by atoms with E-state index in [9.17, 15) is 9.18 Å². The highest BCUT2D eigenvalue weighted by Crippen LogP contribution is 2.37. The Hall–Kier alpha value is -3.12. The Morgan fingerprint density at radius 3 is 2.65 bits per heavy atom. The smallest absolute Gasteiger partial charge is 0.274 e. The number of nitrogens with one attached hydrogen (secondary N) is 1. The Balaban J connectivity index is 1.73. The monoisotopic (exact) mass is 563 g/mol. The summed E-state index contributed by atoms with van der Waals surface area (Å²) in [6.07, 6.45) is 1.38. The van der Waals surface area contributed by atoms with Crippen LogP contribution < -0.4 is 14.9 Å². The topological polar surface area (TPSA) is 83.7 Å². The first-order chi connectivity index (χ1) is 16.3. The number of halogens is 4. The van der Waals surface area contributed by atoms with Crippen LogP contribution in [-0.2, 0) is 6.61 Å². The van der Waals surface area contributed by atoms with Crippen molar-refractivity contribution in [3.8, 4) is 17.6 Å². The third-order valence-electron chi connectivity index (χ3n) is 4.42. The molecule has 0 aliphatic rings. The quantitative estimate of drug-likeness (QED) is 0.250. The molecule has 1 N–H and O–H groups in total. The minimum absolute atomic E-state index is 0.118. The van der Waals surface area contributed by atoms with Gasteiger partial charge in [0.2, 0.25) is 0 Å². The van der Waals surface area contributed by atoms with Gasteiger partial charge in [-0.2, -0.15) is 10.4 Å². The molecule has 3 rings (SSSR count). The van der Waals surface area contributed by atoms with Crippen LogP contribution in [0.4, 0.5) is 4.39 Å². The molecule has 0 unspecified atom stereocenters. The van der Waals surface area contributed by atoms with Crippen LogP contribution in [0.2, 0.25) is 10.0 Å². The first-order valence-corrected chi connectivity index (χ1v) is 11.4. The van der Waals surface area contributed by atoms with Crippen LogP contribution in [0.1, 0.15) is 34.0 Å². The van der Waals surface area contributed by atoms with Gasteiger partial charge >= 0.3 is 0 Å². The lowest BCUT2D eigenvalue weighted by molar-refractivity contribution is 0.0951. The number of hydrogen-bond acceptors (Lipinski definition) is 5. The van der Waals surface area contributed by atoms with Crippen molar-refractivity contribution in [2.45, 2.75) is 13.5 Å². The Labute approximate surface area is 214 Å². The van der Waals surface area contributed by atoms with Crippen molar-refractivity contribution in [1.82, 2.24) is 5.43 Å². The lowest BCUT2D eigenvalue weighted by atomic mass is 10.1. The predicted molar refractivity (Wildman–Crippen MR) is 132 cm³/mol. The largest absolute Gasteiger partial charge is 0.490 e. The van der Waals surface area contributed by atoms with Gasteiger partial charge in [-0.05, 0) is 76.4 Å². The third-order valence-corrected chi connectivity index (χ3v) is 5.75. The van der Waals surface area contributed by atoms with Crippen molar-refractivity contribution >= 4 is 51.3 Å². The van der Waals surface area contributed by atoms with Crippen LogP contribution in [0, 0.1) is 17.1 Å². The number of ether oxygens (including phenoxy) is 2. The minimum atomic E-state index is -0.809. The molecule has 1 amide bonds. The van der Waals surface area contributed by atoms with Crippen molar-refractivity contribution in [3.63, 3.8) is 0 Å². The summed E-state index contributed by atoms with van der Waals surface area (Å²) < 4.78 is 26.2. The van der Waals surface area contributed by atoms with E-state index < -0.39 is 11.7 Å². The average Bonchev–Trinajstić information content (AvgIpc) is 2.80. The Morgan fingerprint density at radius 2 is 1.97 bits per heavy atom. The maximum atomic E-state index is 14.0. The zero-order valence-electron chi connectivity index (χ0n) is 17.7. The normalized spacial score (nSPS) is 10.7. The summed E-state index contributed by atoms with van der Waals surface area (Å²) in [6, 6.07) is 14.0. The molecule has 3 aromatic rings. The van der Waals surface area contributed by atoms with Crippen LogP contribution in [0.25, 0.3) is 0 Å². The van der Waals surface area contributed by atoms with Gasteiger partial charge in [-0.3, -0.25) is 4.79 Å². The number of hydrazone groups is 1. The van der Waals surface area contributed by atoms with Crippen LogP contribution in [-0.4, -0.2) is 18.7 Å². The van der Waals surface area contributed by atoms with E-state index in [0.29, 0.717) is 38.2 Å². The number of hydrogen-bond donors (Lipinski definition) is 1. The SMILES string of the molecule is CCOc1cc(/C=N\NC(=O)c2ccc(C#N)cc2F)cc(Br)c1OCc1ccc(Cl)c(Cl)c1. The van der Waals surface area contributed by atoms with Gasteiger partial charge in [0.25, 0.3) is 5.91 Å². The molecule has 0 aliphatic heterocycles. The maximum Gasteiger partial charge on any atom is 0.274 e. The van der Waals surface area contributed by atoms with Gasteiger partial charge in [0.05, 0.1) is 44.5 Å². The molecule has 0 fully saturated rings. The Bertz CT molecular complexity index is 1300. The summed E-state index contributed by atoms with van der Waals surface area (Å²) in [7, 11) is 0. The zero-order chi connectivity index (χ0) is 24.7. The average molecular weight is 565 g/mol. The van der Waals surface area contributed by atoms with E-state index in [-0.39, 0.29) is 17.7 Å². The van der Waals surface area contributed by atoms with Crippen LogP contribution >= 0.6 is 39.1 Å². The summed E-state index contributed by atoms with van der Waals surface area (Å²) in [5.41, 5.74) is 3.58. The summed E-state index contributed by atoms with van der Waals surface area (Å²) in [4.78, 5) is 12.2. The lowest BCUT2D eigenvalue weighted by Crippen LogP contribution is -2.19. The van der Waals surface area contributed by atoms with Crippen molar-refractivity contribution in [2.75, 3.05) is 6.61 Å². The second-order valence-corrected chi connectivity index (χ2v) is 8.47. The van der Waals surface area contributed by atoms with Gasteiger partial charge < -0.3 is 9.47 Å². The Kier molecular flexibility index (Phi) is 8.88. The molecule has 0 radical (unpaired) electrons. The van der Waals surface area contributed by atoms with E-state index >= 15 is 0 Å². The molecule has 0 aromatic heterocycles. The first kappa shape index (κ1) is 25.5. The van der Waals surface area contributed by atoms with Gasteiger partial charge in [-0.15, -0.1) is 0 Å². The molecular formula is C24H17BrCl2FN3O3. The lowest BCUT2D eigenvalue weighted by Gasteiger charge is -2.15. The molecule has 0 bridgehead atoms. The fraction of sp³-hybridized carbons (Fsp3) is 0.125. The van der Waals surface area contributed by atoms with Gasteiger partial charge in [0.15, 0.2) is 11.5 Å². The van der Waals surface area contributed by atoms with Crippen molar-refractivity contribution < 1.29 is 18.7 Å². The summed E-state index contributed by atoms with van der Waals surface area (Å²) >= 11 is 15.5. The van der Waals surface area contributed by atoms with Crippen LogP contribution in [0.15, 0.2) is 58.1 Å². The fourth-order valence-corrected chi connectivity index (χ4v) is 3.74. The number of carbonyl (C=O) groups excluding carboxylic acids is 1. The maximum absolute atomic E-state index is 14.0. The number of rotatable bonds is 8. The van der Waals surface area contributed by atoms with E-state index in [2.05, 4.69) is 26.5 Å². The molecule has 10 heteroatoms. The van der Waals surface area contributed by atoms with Crippen molar-refractivity contribution in [2.24, 2.45) is 5.10 Å². The minimum Gasteiger partial charge on any atom is -0.490 e. The number of nitrogens with zero attached hydrogens (tertiary/aromatic N) is 2. The molecular weight excluding hydrogens is 548 g/mol. The molecule has 174 valence electrons. The molecule has 3 aromatic carbocycles. The highest BCUT2D eigenvalue weighted by atomic mass is 79.9. The second-order valence-electron chi connectivity index (χ2n) is 6.81. The van der Waals surface area contributed by atoms with E-state index in [1.807, 2.05) is 19.1 Å². The van der Waals surface area contributed by atoms with E-state index in [1.54, 1.807) is 24.3 Å². The highest BCUT2D eigenvalue weighted by Gasteiger charge is 2.14. The number of amides is 1. The van der Waals surface area contributed by atoms with Crippen molar-refractivity contribution in [1.29, 1.82) is 5.26 Å². The van der Waals surface area contributed by atoms with Crippen LogP contribution in [0.5, 0.6) is 11.5 Å². The zero-order valence-corrected chi connectivity index (χ0v) is 20.8. The second kappa shape index (κ2) is 11.8. The summed E-state index contributed by atoms with van der Waals surface area (Å²) in [6.45, 7) is 2.46. The predicted octanol–water partition coefficient (Wildman–Crippen LogP) is 6.51. The van der Waals surface area contributed by atoms with Gasteiger partial charge in [0, 0.05) is 0 Å². The molecule has 6 nitrogen and oxygen atoms in total. The molecule has 0 atom stereocenters. The van der Waals surface area contributed by atoms with E-state index in [4.69, 9.17) is 37.9 Å². The van der Waals surface area contributed by atoms with Gasteiger partial charge in [0.1, 0.15) is 12.4 Å². The number of nitriles is 1. The number of benzene rings is 3. The first-order valence-electron chi connectivity index (χ1n) is 9.88. The molecule has 0 saturated heterocycles. The fourth-order valence-electron chi connectivity index (χ4n) is 2.84. The molecule has 0 saturated carbocycles. The third kappa shape index (κ3) is 6.48. The summed E-state index contributed by atoms with van der Waals surface area (Å²) in [5.74, 6) is -0.614. The molecule has 34 heavy (non-hydrogen) atoms. The highest BCUT2D eigenvalue weighted by molar-refractivity contribution is 9.10. The van der Waals surface area contributed by atoms with Crippen molar-refractivity contribution in [3.05, 3.63) is 91.1 Å². The van der Waals surface area contributed by atoms with Crippen LogP contribution in [0.3, 0.4) is 0 Å². The summed E-state index contributed by atoms with van der Waals surface area (Å²) in [5, 5.41) is 13.6.